The molecule has 160 valence electrons. The lowest BCUT2D eigenvalue weighted by Gasteiger charge is -2.29. The molecule has 1 aromatic carbocycles. The molecule has 2 atom stereocenters. The fourth-order valence-electron chi connectivity index (χ4n) is 2.60. The molecule has 1 aliphatic carbocycles. The molecule has 0 spiro atoms. The Bertz CT molecular complexity index is 743. The highest BCUT2D eigenvalue weighted by Gasteiger charge is 2.30. The number of carboxylic acid groups (broad SMARTS) is 1. The third-order valence-electron chi connectivity index (χ3n) is 4.56. The molecule has 0 amide bonds. The third kappa shape index (κ3) is 7.68. The van der Waals surface area contributed by atoms with Gasteiger partial charge in [-0.15, -0.1) is 0 Å². The van der Waals surface area contributed by atoms with Gasteiger partial charge in [-0.1, -0.05) is 13.0 Å². The van der Waals surface area contributed by atoms with Crippen molar-refractivity contribution in [2.45, 2.75) is 37.6 Å². The number of rotatable bonds is 10. The van der Waals surface area contributed by atoms with Crippen LogP contribution in [0.15, 0.2) is 48.3 Å². The maximum Gasteiger partial charge on any atom is 0.416 e. The Morgan fingerprint density at radius 2 is 1.97 bits per heavy atom. The van der Waals surface area contributed by atoms with E-state index in [2.05, 4.69) is 13.8 Å². The van der Waals surface area contributed by atoms with Crippen molar-refractivity contribution in [1.29, 1.82) is 0 Å². The first kappa shape index (κ1) is 23.2. The van der Waals surface area contributed by atoms with E-state index in [9.17, 15) is 18.0 Å². The number of carboxylic acids is 1. The second-order valence-electron chi connectivity index (χ2n) is 7.06. The number of aliphatic carboxylic acids is 1. The molecule has 2 rings (SSSR count). The van der Waals surface area contributed by atoms with Crippen molar-refractivity contribution in [3.05, 3.63) is 53.8 Å². The van der Waals surface area contributed by atoms with E-state index in [1.807, 2.05) is 12.2 Å². The van der Waals surface area contributed by atoms with Crippen LogP contribution in [0.2, 0.25) is 0 Å². The minimum Gasteiger partial charge on any atom is -0.493 e. The van der Waals surface area contributed by atoms with Crippen LogP contribution in [0.5, 0.6) is 5.75 Å². The first-order valence-corrected chi connectivity index (χ1v) is 10.3. The van der Waals surface area contributed by atoms with Crippen LogP contribution < -0.4 is 4.74 Å². The van der Waals surface area contributed by atoms with E-state index in [1.54, 1.807) is 17.8 Å². The van der Waals surface area contributed by atoms with E-state index in [0.29, 0.717) is 18.1 Å². The Balaban J connectivity index is 1.80. The van der Waals surface area contributed by atoms with E-state index in [1.165, 1.54) is 12.1 Å². The van der Waals surface area contributed by atoms with Crippen molar-refractivity contribution < 1.29 is 32.5 Å². The highest BCUT2D eigenvalue weighted by molar-refractivity contribution is 8.00. The van der Waals surface area contributed by atoms with Gasteiger partial charge in [0.15, 0.2) is 6.61 Å². The zero-order valence-corrected chi connectivity index (χ0v) is 17.2. The highest BCUT2D eigenvalue weighted by atomic mass is 32.2. The van der Waals surface area contributed by atoms with Gasteiger partial charge in [0.25, 0.3) is 0 Å². The second-order valence-corrected chi connectivity index (χ2v) is 8.61. The number of ether oxygens (including phenoxy) is 2. The van der Waals surface area contributed by atoms with Crippen LogP contribution in [0.4, 0.5) is 13.2 Å². The molecule has 1 N–H and O–H groups in total. The average molecular weight is 430 g/mol. The van der Waals surface area contributed by atoms with Gasteiger partial charge in [0.2, 0.25) is 0 Å². The van der Waals surface area contributed by atoms with Gasteiger partial charge in [0.05, 0.1) is 12.2 Å². The van der Waals surface area contributed by atoms with Crippen LogP contribution in [0.1, 0.15) is 32.3 Å². The maximum absolute atomic E-state index is 12.6. The zero-order valence-electron chi connectivity index (χ0n) is 16.4. The Morgan fingerprint density at radius 1 is 1.28 bits per heavy atom. The van der Waals surface area contributed by atoms with Gasteiger partial charge in [-0.2, -0.15) is 24.9 Å². The summed E-state index contributed by atoms with van der Waals surface area (Å²) in [4.78, 5) is 10.6. The number of allylic oxidation sites excluding steroid dienone is 2. The number of hydrogen-bond acceptors (Lipinski definition) is 4. The second kappa shape index (κ2) is 10.1. The summed E-state index contributed by atoms with van der Waals surface area (Å²) in [5, 5.41) is 8.66. The van der Waals surface area contributed by atoms with Gasteiger partial charge in [-0.3, -0.25) is 0 Å². The van der Waals surface area contributed by atoms with Crippen LogP contribution in [-0.2, 0) is 15.7 Å². The minimum atomic E-state index is -4.35. The number of halogens is 3. The molecule has 0 radical (unpaired) electrons. The van der Waals surface area contributed by atoms with Crippen LogP contribution in [0.25, 0.3) is 0 Å². The molecule has 0 saturated carbocycles. The van der Waals surface area contributed by atoms with Gasteiger partial charge in [-0.25, -0.2) is 4.79 Å². The Kier molecular flexibility index (Phi) is 8.07. The minimum absolute atomic E-state index is 0.127. The van der Waals surface area contributed by atoms with Gasteiger partial charge in [-0.05, 0) is 56.2 Å². The van der Waals surface area contributed by atoms with Crippen molar-refractivity contribution in [3.8, 4) is 5.75 Å². The first-order valence-electron chi connectivity index (χ1n) is 9.29. The number of alkyl halides is 3. The van der Waals surface area contributed by atoms with Crippen molar-refractivity contribution >= 4 is 17.7 Å². The Morgan fingerprint density at radius 3 is 2.48 bits per heavy atom. The summed E-state index contributed by atoms with van der Waals surface area (Å²) in [6.07, 6.45) is 2.94. The zero-order chi connectivity index (χ0) is 21.5. The molecule has 29 heavy (non-hydrogen) atoms. The molecule has 0 saturated heterocycles. The van der Waals surface area contributed by atoms with E-state index < -0.39 is 17.7 Å². The predicted molar refractivity (Wildman–Crippen MR) is 107 cm³/mol. The van der Waals surface area contributed by atoms with Crippen LogP contribution in [0, 0.1) is 5.92 Å². The lowest BCUT2D eigenvalue weighted by Crippen LogP contribution is -2.23. The molecular weight excluding hydrogens is 405 g/mol. The lowest BCUT2D eigenvalue weighted by atomic mass is 10.0. The van der Waals surface area contributed by atoms with Gasteiger partial charge < -0.3 is 14.6 Å². The predicted octanol–water partition coefficient (Wildman–Crippen LogP) is 5.55. The summed E-state index contributed by atoms with van der Waals surface area (Å²) in [5.41, 5.74) is -0.691. The maximum atomic E-state index is 12.6. The fraction of sp³-hybridized carbons (Fsp3) is 0.476. The number of thioether (sulfide) groups is 1. The van der Waals surface area contributed by atoms with Crippen molar-refractivity contribution in [2.24, 2.45) is 5.92 Å². The smallest absolute Gasteiger partial charge is 0.416 e. The third-order valence-corrected chi connectivity index (χ3v) is 6.16. The molecule has 1 aromatic rings. The summed E-state index contributed by atoms with van der Waals surface area (Å²) in [6, 6.07) is 4.74. The Hall–Kier alpha value is -2.09. The molecule has 0 aliphatic heterocycles. The van der Waals surface area contributed by atoms with Crippen LogP contribution in [-0.4, -0.2) is 34.8 Å². The van der Waals surface area contributed by atoms with E-state index in [0.717, 1.165) is 30.7 Å². The number of benzene rings is 1. The van der Waals surface area contributed by atoms with Crippen LogP contribution in [0.3, 0.4) is 0 Å². The molecule has 0 bridgehead atoms. The number of carbonyl (C=O) groups is 1. The summed E-state index contributed by atoms with van der Waals surface area (Å²) < 4.78 is 48.6. The largest absolute Gasteiger partial charge is 0.493 e. The summed E-state index contributed by atoms with van der Waals surface area (Å²) in [7, 11) is 0. The van der Waals surface area contributed by atoms with Crippen molar-refractivity contribution in [1.82, 2.24) is 0 Å². The SMILES string of the molecule is CCC(COc1ccc(C(F)(F)F)cc1)CSC1(C)C=CC(OCC(=O)O)=CC1. The average Bonchev–Trinajstić information content (AvgIpc) is 2.67. The number of hydrogen-bond donors (Lipinski definition) is 1. The van der Waals surface area contributed by atoms with E-state index in [4.69, 9.17) is 14.6 Å². The standard InChI is InChI=1S/C21H25F3O4S/c1-3-15(12-27-17-6-4-16(5-7-17)21(22,23)24)14-29-20(2)10-8-18(9-11-20)28-13-19(25)26/h4-10,15H,3,11-14H2,1-2H3,(H,25,26). The molecule has 0 aromatic heterocycles. The first-order chi connectivity index (χ1) is 13.6. The molecule has 1 aliphatic rings. The normalized spacial score (nSPS) is 20.1. The molecular formula is C21H25F3O4S. The van der Waals surface area contributed by atoms with Crippen molar-refractivity contribution in [2.75, 3.05) is 19.0 Å². The quantitative estimate of drug-likeness (QED) is 0.528. The molecule has 0 fully saturated rings. The van der Waals surface area contributed by atoms with Gasteiger partial charge in [0.1, 0.15) is 11.5 Å². The van der Waals surface area contributed by atoms with Crippen LogP contribution >= 0.6 is 11.8 Å². The van der Waals surface area contributed by atoms with E-state index >= 15 is 0 Å². The summed E-state index contributed by atoms with van der Waals surface area (Å²) in [5.74, 6) is 1.05. The lowest BCUT2D eigenvalue weighted by molar-refractivity contribution is -0.140. The molecule has 2 unspecified atom stereocenters. The van der Waals surface area contributed by atoms with E-state index in [-0.39, 0.29) is 17.3 Å². The van der Waals surface area contributed by atoms with Gasteiger partial charge in [0, 0.05) is 16.4 Å². The molecule has 4 nitrogen and oxygen atoms in total. The molecule has 8 heteroatoms. The Labute approximate surface area is 172 Å². The fourth-order valence-corrected chi connectivity index (χ4v) is 3.92. The molecule has 0 heterocycles. The highest BCUT2D eigenvalue weighted by Crippen LogP contribution is 2.36. The summed E-state index contributed by atoms with van der Waals surface area (Å²) >= 11 is 1.77. The topological polar surface area (TPSA) is 55.8 Å². The van der Waals surface area contributed by atoms with Gasteiger partial charge >= 0.3 is 12.1 Å². The van der Waals surface area contributed by atoms with Crippen molar-refractivity contribution in [3.63, 3.8) is 0 Å². The summed E-state index contributed by atoms with van der Waals surface area (Å²) in [6.45, 7) is 4.22. The monoisotopic (exact) mass is 430 g/mol.